The Morgan fingerprint density at radius 2 is 1.53 bits per heavy atom. The molecule has 0 saturated heterocycles. The number of carbonyl (C=O) groups excluding carboxylic acids is 2. The fourth-order valence-electron chi connectivity index (χ4n) is 1.09. The maximum Gasteiger partial charge on any atom is 0.243 e. The highest BCUT2D eigenvalue weighted by Crippen LogP contribution is 1.93. The van der Waals surface area contributed by atoms with Crippen LogP contribution in [0.5, 0.6) is 0 Å². The van der Waals surface area contributed by atoms with Crippen molar-refractivity contribution in [2.45, 2.75) is 47.5 Å². The number of allylic oxidation sites excluding steroid dienone is 1. The molecule has 0 bridgehead atoms. The Labute approximate surface area is 119 Å². The fraction of sp³-hybridized carbons (Fsp3) is 0.733. The molecule has 0 atom stereocenters. The highest BCUT2D eigenvalue weighted by molar-refractivity contribution is 6.42. The monoisotopic (exact) mass is 272 g/mol. The molecule has 0 aliphatic rings. The molecule has 0 radical (unpaired) electrons. The lowest BCUT2D eigenvalue weighted by Gasteiger charge is -2.10. The zero-order valence-corrected chi connectivity index (χ0v) is 13.8. The van der Waals surface area contributed by atoms with Gasteiger partial charge in [0.15, 0.2) is 0 Å². The lowest BCUT2D eigenvalue weighted by Crippen LogP contribution is -2.25. The minimum atomic E-state index is -0.525. The van der Waals surface area contributed by atoms with E-state index in [-0.39, 0.29) is 5.70 Å². The van der Waals surface area contributed by atoms with E-state index in [4.69, 9.17) is 0 Å². The average molecular weight is 272 g/mol. The molecule has 4 nitrogen and oxygen atoms in total. The van der Waals surface area contributed by atoms with Gasteiger partial charge in [-0.05, 0) is 33.5 Å². The van der Waals surface area contributed by atoms with Crippen LogP contribution in [0, 0.1) is 0 Å². The van der Waals surface area contributed by atoms with Crippen LogP contribution < -0.4 is 5.32 Å². The zero-order chi connectivity index (χ0) is 15.8. The van der Waals surface area contributed by atoms with Gasteiger partial charge in [0.25, 0.3) is 0 Å². The predicted molar refractivity (Wildman–Crippen MR) is 83.3 cm³/mol. The number of rotatable bonds is 8. The van der Waals surface area contributed by atoms with E-state index in [0.29, 0.717) is 6.54 Å². The molecule has 0 aliphatic carbocycles. The lowest BCUT2D eigenvalue weighted by atomic mass is 10.2. The maximum absolute atomic E-state index is 11.1. The van der Waals surface area contributed by atoms with Crippen molar-refractivity contribution in [1.82, 2.24) is 10.2 Å². The molecule has 0 rings (SSSR count). The van der Waals surface area contributed by atoms with Gasteiger partial charge in [0.1, 0.15) is 0 Å². The second-order valence-electron chi connectivity index (χ2n) is 3.80. The number of hydrogen-bond donors (Lipinski definition) is 1. The predicted octanol–water partition coefficient (Wildman–Crippen LogP) is 2.64. The first kappa shape index (κ1) is 23.0. The average Bonchev–Trinajstić information content (AvgIpc) is 2.41. The van der Waals surface area contributed by atoms with E-state index >= 15 is 0 Å². The van der Waals surface area contributed by atoms with E-state index in [1.807, 2.05) is 41.8 Å². The van der Waals surface area contributed by atoms with Crippen LogP contribution in [-0.4, -0.2) is 43.7 Å². The van der Waals surface area contributed by atoms with Gasteiger partial charge in [-0.25, -0.2) is 0 Å². The van der Waals surface area contributed by atoms with Crippen molar-refractivity contribution < 1.29 is 9.59 Å². The Morgan fingerprint density at radius 1 is 1.05 bits per heavy atom. The van der Waals surface area contributed by atoms with Gasteiger partial charge in [0.2, 0.25) is 11.6 Å². The summed E-state index contributed by atoms with van der Waals surface area (Å²) in [6, 6.07) is 0. The molecule has 0 unspecified atom stereocenters. The van der Waals surface area contributed by atoms with Crippen molar-refractivity contribution in [3.8, 4) is 0 Å². The quantitative estimate of drug-likeness (QED) is 0.419. The Hall–Kier alpha value is -1.16. The summed E-state index contributed by atoms with van der Waals surface area (Å²) in [5.74, 6) is -0.997. The summed E-state index contributed by atoms with van der Waals surface area (Å²) < 4.78 is 0. The van der Waals surface area contributed by atoms with E-state index in [0.717, 1.165) is 19.4 Å². The van der Waals surface area contributed by atoms with Crippen molar-refractivity contribution in [1.29, 1.82) is 0 Å². The third-order valence-corrected chi connectivity index (χ3v) is 1.96. The number of nitrogens with zero attached hydrogens (tertiary/aromatic N) is 1. The SMILES string of the molecule is C=C(NCCCCN(C)C)C(=O)C(C)=O.CC.CC. The first-order valence-corrected chi connectivity index (χ1v) is 7.08. The van der Waals surface area contributed by atoms with Gasteiger partial charge in [-0.1, -0.05) is 34.3 Å². The van der Waals surface area contributed by atoms with Crippen LogP contribution in [0.15, 0.2) is 12.3 Å². The zero-order valence-electron chi connectivity index (χ0n) is 13.8. The van der Waals surface area contributed by atoms with Gasteiger partial charge in [-0.15, -0.1) is 0 Å². The third kappa shape index (κ3) is 16.8. The summed E-state index contributed by atoms with van der Waals surface area (Å²) in [6.45, 7) is 14.5. The van der Waals surface area contributed by atoms with Crippen LogP contribution in [0.1, 0.15) is 47.5 Å². The number of hydrogen-bond acceptors (Lipinski definition) is 4. The molecule has 0 aliphatic heterocycles. The van der Waals surface area contributed by atoms with Crippen molar-refractivity contribution >= 4 is 11.6 Å². The molecule has 0 heterocycles. The number of nitrogens with one attached hydrogen (secondary N) is 1. The molecule has 0 aromatic carbocycles. The van der Waals surface area contributed by atoms with E-state index in [9.17, 15) is 9.59 Å². The topological polar surface area (TPSA) is 49.4 Å². The van der Waals surface area contributed by atoms with Crippen LogP contribution in [0.25, 0.3) is 0 Å². The molecule has 0 aromatic rings. The maximum atomic E-state index is 11.1. The Balaban J connectivity index is -0.000000579. The standard InChI is InChI=1S/C11H20N2O2.2C2H6/c1-9(11(15)10(2)14)12-7-5-6-8-13(3)4;2*1-2/h12H,1,5-8H2,2-4H3;2*1-2H3. The van der Waals surface area contributed by atoms with Gasteiger partial charge >= 0.3 is 0 Å². The molecular formula is C15H32N2O2. The van der Waals surface area contributed by atoms with Gasteiger partial charge in [-0.2, -0.15) is 0 Å². The second-order valence-corrected chi connectivity index (χ2v) is 3.80. The lowest BCUT2D eigenvalue weighted by molar-refractivity contribution is -0.133. The van der Waals surface area contributed by atoms with Gasteiger partial charge in [0, 0.05) is 13.5 Å². The smallest absolute Gasteiger partial charge is 0.243 e. The van der Waals surface area contributed by atoms with Crippen molar-refractivity contribution in [2.75, 3.05) is 27.2 Å². The van der Waals surface area contributed by atoms with Gasteiger partial charge < -0.3 is 10.2 Å². The molecule has 0 spiro atoms. The Bertz CT molecular complexity index is 249. The number of Topliss-reactive ketones (excluding diaryl/α,β-unsaturated/α-hetero) is 2. The van der Waals surface area contributed by atoms with Crippen LogP contribution in [0.4, 0.5) is 0 Å². The fourth-order valence-corrected chi connectivity index (χ4v) is 1.09. The van der Waals surface area contributed by atoms with Crippen LogP contribution in [0.2, 0.25) is 0 Å². The minimum absolute atomic E-state index is 0.201. The molecule has 114 valence electrons. The summed E-state index contributed by atoms with van der Waals surface area (Å²) in [5, 5.41) is 2.85. The summed E-state index contributed by atoms with van der Waals surface area (Å²) in [5.41, 5.74) is 0.201. The Morgan fingerprint density at radius 3 is 1.89 bits per heavy atom. The first-order valence-electron chi connectivity index (χ1n) is 7.08. The van der Waals surface area contributed by atoms with Crippen molar-refractivity contribution in [3.05, 3.63) is 12.3 Å². The van der Waals surface area contributed by atoms with E-state index < -0.39 is 11.6 Å². The number of carbonyl (C=O) groups is 2. The normalized spacial score (nSPS) is 8.63. The highest BCUT2D eigenvalue weighted by Gasteiger charge is 2.10. The third-order valence-electron chi connectivity index (χ3n) is 1.96. The molecule has 1 N–H and O–H groups in total. The van der Waals surface area contributed by atoms with Gasteiger partial charge in [-0.3, -0.25) is 9.59 Å². The van der Waals surface area contributed by atoms with E-state index in [2.05, 4.69) is 16.8 Å². The summed E-state index contributed by atoms with van der Waals surface area (Å²) in [4.78, 5) is 23.9. The van der Waals surface area contributed by atoms with Crippen LogP contribution in [-0.2, 0) is 9.59 Å². The number of unbranched alkanes of at least 4 members (excludes halogenated alkanes) is 1. The van der Waals surface area contributed by atoms with Crippen LogP contribution in [0.3, 0.4) is 0 Å². The first-order chi connectivity index (χ1) is 8.95. The molecule has 4 heteroatoms. The molecule has 0 saturated carbocycles. The Kier molecular flexibility index (Phi) is 20.4. The summed E-state index contributed by atoms with van der Waals surface area (Å²) in [6.07, 6.45) is 2.02. The van der Waals surface area contributed by atoms with Crippen LogP contribution >= 0.6 is 0 Å². The summed E-state index contributed by atoms with van der Waals surface area (Å²) >= 11 is 0. The molecule has 19 heavy (non-hydrogen) atoms. The second kappa shape index (κ2) is 16.8. The number of ketones is 2. The highest BCUT2D eigenvalue weighted by atomic mass is 16.2. The largest absolute Gasteiger partial charge is 0.382 e. The van der Waals surface area contributed by atoms with E-state index in [1.165, 1.54) is 6.92 Å². The van der Waals surface area contributed by atoms with E-state index in [1.54, 1.807) is 0 Å². The minimum Gasteiger partial charge on any atom is -0.382 e. The molecule has 0 fully saturated rings. The van der Waals surface area contributed by atoms with Crippen molar-refractivity contribution in [3.63, 3.8) is 0 Å². The van der Waals surface area contributed by atoms with Crippen molar-refractivity contribution in [2.24, 2.45) is 0 Å². The van der Waals surface area contributed by atoms with Gasteiger partial charge in [0.05, 0.1) is 5.70 Å². The molecule has 0 aromatic heterocycles. The molecule has 0 amide bonds. The summed E-state index contributed by atoms with van der Waals surface area (Å²) in [7, 11) is 4.04. The molecular weight excluding hydrogens is 240 g/mol.